The minimum atomic E-state index is -4.91. The number of anilines is 1. The third-order valence-corrected chi connectivity index (χ3v) is 5.47. The van der Waals surface area contributed by atoms with Gasteiger partial charge in [0.05, 0.1) is 12.1 Å². The average Bonchev–Trinajstić information content (AvgIpc) is 3.10. The van der Waals surface area contributed by atoms with Crippen LogP contribution in [0.25, 0.3) is 11.1 Å². The van der Waals surface area contributed by atoms with E-state index >= 15 is 0 Å². The van der Waals surface area contributed by atoms with Gasteiger partial charge in [0.25, 0.3) is 0 Å². The van der Waals surface area contributed by atoms with Gasteiger partial charge in [-0.1, -0.05) is 54.6 Å². The normalized spacial score (nSPS) is 12.6. The van der Waals surface area contributed by atoms with E-state index in [1.807, 2.05) is 48.5 Å². The lowest BCUT2D eigenvalue weighted by Gasteiger charge is -2.23. The number of nitrogens with zero attached hydrogens (tertiary/aromatic N) is 1. The Morgan fingerprint density at radius 2 is 1.53 bits per heavy atom. The van der Waals surface area contributed by atoms with Gasteiger partial charge in [-0.05, 0) is 34.4 Å². The van der Waals surface area contributed by atoms with Gasteiger partial charge in [-0.25, -0.2) is 4.79 Å². The number of carboxylic acid groups (broad SMARTS) is 1. The quantitative estimate of drug-likeness (QED) is 0.470. The van der Waals surface area contributed by atoms with Crippen LogP contribution < -0.4 is 9.64 Å². The van der Waals surface area contributed by atoms with Crippen LogP contribution in [-0.4, -0.2) is 36.7 Å². The second-order valence-corrected chi connectivity index (χ2v) is 7.64. The summed E-state index contributed by atoms with van der Waals surface area (Å²) in [6, 6.07) is 20.3. The van der Waals surface area contributed by atoms with E-state index < -0.39 is 30.6 Å². The topological polar surface area (TPSA) is 76.1 Å². The molecule has 0 aromatic heterocycles. The molecular formula is C25H20F3NO5. The first kappa shape index (κ1) is 23.2. The van der Waals surface area contributed by atoms with E-state index in [9.17, 15) is 22.8 Å². The van der Waals surface area contributed by atoms with Crippen LogP contribution in [0.4, 0.5) is 23.7 Å². The molecule has 1 aliphatic carbocycles. The minimum absolute atomic E-state index is 0.0187. The predicted octanol–water partition coefficient (Wildman–Crippen LogP) is 5.82. The lowest BCUT2D eigenvalue weighted by Crippen LogP contribution is -2.34. The molecule has 0 saturated heterocycles. The fraction of sp³-hybridized carbons (Fsp3) is 0.200. The molecule has 176 valence electrons. The highest BCUT2D eigenvalue weighted by molar-refractivity contribution is 5.89. The smallest absolute Gasteiger partial charge is 0.481 e. The number of alkyl halides is 3. The molecule has 0 spiro atoms. The van der Waals surface area contributed by atoms with Crippen molar-refractivity contribution in [2.75, 3.05) is 18.1 Å². The van der Waals surface area contributed by atoms with Crippen LogP contribution in [0, 0.1) is 0 Å². The average molecular weight is 471 g/mol. The fourth-order valence-electron chi connectivity index (χ4n) is 4.05. The van der Waals surface area contributed by atoms with E-state index in [2.05, 4.69) is 4.74 Å². The number of carbonyl (C=O) groups excluding carboxylic acids is 1. The molecule has 1 amide bonds. The number of benzene rings is 3. The zero-order valence-corrected chi connectivity index (χ0v) is 17.8. The van der Waals surface area contributed by atoms with Gasteiger partial charge in [-0.15, -0.1) is 13.2 Å². The summed E-state index contributed by atoms with van der Waals surface area (Å²) in [4.78, 5) is 25.1. The van der Waals surface area contributed by atoms with Crippen LogP contribution in [-0.2, 0) is 9.53 Å². The van der Waals surface area contributed by atoms with Gasteiger partial charge in [0.15, 0.2) is 0 Å². The van der Waals surface area contributed by atoms with Gasteiger partial charge >= 0.3 is 18.4 Å². The molecular weight excluding hydrogens is 451 g/mol. The van der Waals surface area contributed by atoms with Gasteiger partial charge in [0.2, 0.25) is 0 Å². The SMILES string of the molecule is O=C(O)CCN(C(=O)OCC1c2ccccc2-c2ccccc21)c1cccc(OC(F)(F)F)c1. The molecule has 4 rings (SSSR count). The van der Waals surface area contributed by atoms with Crippen molar-refractivity contribution in [3.63, 3.8) is 0 Å². The first-order valence-corrected chi connectivity index (χ1v) is 10.4. The highest BCUT2D eigenvalue weighted by Gasteiger charge is 2.32. The molecule has 9 heteroatoms. The van der Waals surface area contributed by atoms with Crippen molar-refractivity contribution in [2.45, 2.75) is 18.7 Å². The van der Waals surface area contributed by atoms with Crippen molar-refractivity contribution < 1.29 is 37.3 Å². The summed E-state index contributed by atoms with van der Waals surface area (Å²) in [6.45, 7) is -0.309. The van der Waals surface area contributed by atoms with Crippen molar-refractivity contribution in [2.24, 2.45) is 0 Å². The van der Waals surface area contributed by atoms with E-state index in [0.29, 0.717) is 0 Å². The van der Waals surface area contributed by atoms with Crippen molar-refractivity contribution in [1.82, 2.24) is 0 Å². The Morgan fingerprint density at radius 3 is 2.12 bits per heavy atom. The lowest BCUT2D eigenvalue weighted by molar-refractivity contribution is -0.274. The molecule has 0 heterocycles. The van der Waals surface area contributed by atoms with E-state index in [1.54, 1.807) is 0 Å². The number of amides is 1. The van der Waals surface area contributed by atoms with Crippen LogP contribution in [0.3, 0.4) is 0 Å². The zero-order chi connectivity index (χ0) is 24.3. The van der Waals surface area contributed by atoms with Gasteiger partial charge in [0.1, 0.15) is 12.4 Å². The first-order chi connectivity index (χ1) is 16.2. The maximum absolute atomic E-state index is 13.0. The minimum Gasteiger partial charge on any atom is -0.481 e. The summed E-state index contributed by atoms with van der Waals surface area (Å²) in [7, 11) is 0. The van der Waals surface area contributed by atoms with Gasteiger partial charge < -0.3 is 14.6 Å². The number of rotatable bonds is 7. The number of aliphatic carboxylic acids is 1. The Bertz CT molecular complexity index is 1170. The summed E-state index contributed by atoms with van der Waals surface area (Å²) in [5, 5.41) is 9.07. The molecule has 0 saturated carbocycles. The van der Waals surface area contributed by atoms with Gasteiger partial charge in [-0.2, -0.15) is 0 Å². The summed E-state index contributed by atoms with van der Waals surface area (Å²) < 4.78 is 47.3. The maximum atomic E-state index is 13.0. The molecule has 0 atom stereocenters. The predicted molar refractivity (Wildman–Crippen MR) is 118 cm³/mol. The molecule has 34 heavy (non-hydrogen) atoms. The third-order valence-electron chi connectivity index (χ3n) is 5.47. The molecule has 0 unspecified atom stereocenters. The second-order valence-electron chi connectivity index (χ2n) is 7.64. The molecule has 0 bridgehead atoms. The van der Waals surface area contributed by atoms with Crippen molar-refractivity contribution in [3.8, 4) is 16.9 Å². The standard InChI is InChI=1S/C25H20F3NO5/c26-25(27,28)34-17-7-5-6-16(14-17)29(13-12-23(30)31)24(32)33-15-22-20-10-3-1-8-18(20)19-9-2-4-11-21(19)22/h1-11,14,22H,12-13,15H2,(H,30,31). The highest BCUT2D eigenvalue weighted by Crippen LogP contribution is 2.44. The van der Waals surface area contributed by atoms with E-state index in [0.717, 1.165) is 39.3 Å². The zero-order valence-electron chi connectivity index (χ0n) is 17.8. The summed E-state index contributed by atoms with van der Waals surface area (Å²) >= 11 is 0. The summed E-state index contributed by atoms with van der Waals surface area (Å²) in [6.07, 6.45) is -6.20. The summed E-state index contributed by atoms with van der Waals surface area (Å²) in [5.74, 6) is -1.92. The number of hydrogen-bond donors (Lipinski definition) is 1. The Balaban J connectivity index is 1.55. The second kappa shape index (κ2) is 9.46. The van der Waals surface area contributed by atoms with Gasteiger partial charge in [0, 0.05) is 18.5 Å². The Kier molecular flexibility index (Phi) is 6.45. The van der Waals surface area contributed by atoms with Crippen LogP contribution >= 0.6 is 0 Å². The molecule has 3 aromatic rings. The Morgan fingerprint density at radius 1 is 0.912 bits per heavy atom. The monoisotopic (exact) mass is 471 g/mol. The molecule has 0 radical (unpaired) electrons. The third kappa shape index (κ3) is 5.14. The molecule has 1 aliphatic rings. The maximum Gasteiger partial charge on any atom is 0.573 e. The number of ether oxygens (including phenoxy) is 2. The Labute approximate surface area is 193 Å². The van der Waals surface area contributed by atoms with Crippen LogP contribution in [0.2, 0.25) is 0 Å². The number of hydrogen-bond acceptors (Lipinski definition) is 4. The molecule has 0 aliphatic heterocycles. The molecule has 6 nitrogen and oxygen atoms in total. The van der Waals surface area contributed by atoms with Crippen molar-refractivity contribution >= 4 is 17.7 Å². The van der Waals surface area contributed by atoms with E-state index in [1.165, 1.54) is 12.1 Å². The van der Waals surface area contributed by atoms with Crippen LogP contribution in [0.1, 0.15) is 23.5 Å². The number of carboxylic acids is 1. The fourth-order valence-corrected chi connectivity index (χ4v) is 4.05. The summed E-state index contributed by atoms with van der Waals surface area (Å²) in [5.41, 5.74) is 4.10. The van der Waals surface area contributed by atoms with E-state index in [4.69, 9.17) is 9.84 Å². The lowest BCUT2D eigenvalue weighted by atomic mass is 9.98. The highest BCUT2D eigenvalue weighted by atomic mass is 19.4. The number of carbonyl (C=O) groups is 2. The largest absolute Gasteiger partial charge is 0.573 e. The van der Waals surface area contributed by atoms with Crippen LogP contribution in [0.15, 0.2) is 72.8 Å². The Hall–Kier alpha value is -4.01. The van der Waals surface area contributed by atoms with Gasteiger partial charge in [-0.3, -0.25) is 9.69 Å². The molecule has 3 aromatic carbocycles. The first-order valence-electron chi connectivity index (χ1n) is 10.4. The molecule has 0 fully saturated rings. The van der Waals surface area contributed by atoms with Crippen LogP contribution in [0.5, 0.6) is 5.75 Å². The molecule has 1 N–H and O–H groups in total. The number of fused-ring (bicyclic) bond motifs is 3. The number of halogens is 3. The van der Waals surface area contributed by atoms with Crippen molar-refractivity contribution in [3.05, 3.63) is 83.9 Å². The van der Waals surface area contributed by atoms with E-state index in [-0.39, 0.29) is 24.8 Å². The van der Waals surface area contributed by atoms with Crippen molar-refractivity contribution in [1.29, 1.82) is 0 Å².